The van der Waals surface area contributed by atoms with Gasteiger partial charge >= 0.3 is 0 Å². The van der Waals surface area contributed by atoms with Crippen molar-refractivity contribution in [2.75, 3.05) is 56.6 Å². The molecule has 8 nitrogen and oxygen atoms in total. The molecule has 1 aliphatic heterocycles. The predicted molar refractivity (Wildman–Crippen MR) is 132 cm³/mol. The molecule has 0 unspecified atom stereocenters. The summed E-state index contributed by atoms with van der Waals surface area (Å²) in [6.07, 6.45) is 4.81. The van der Waals surface area contributed by atoms with Gasteiger partial charge in [0, 0.05) is 32.7 Å². The van der Waals surface area contributed by atoms with Crippen LogP contribution in [0, 0.1) is 11.3 Å². The van der Waals surface area contributed by atoms with Gasteiger partial charge in [-0.3, -0.25) is 4.90 Å². The van der Waals surface area contributed by atoms with E-state index < -0.39 is 0 Å². The van der Waals surface area contributed by atoms with Gasteiger partial charge in [0.05, 0.1) is 18.6 Å². The van der Waals surface area contributed by atoms with Crippen LogP contribution in [0.15, 0.2) is 10.7 Å². The lowest BCUT2D eigenvalue weighted by molar-refractivity contribution is 0.0398. The Morgan fingerprint density at radius 1 is 1.09 bits per heavy atom. The van der Waals surface area contributed by atoms with E-state index in [4.69, 9.17) is 14.1 Å². The second-order valence-electron chi connectivity index (χ2n) is 10.6. The van der Waals surface area contributed by atoms with Crippen molar-refractivity contribution < 1.29 is 9.15 Å². The molecule has 0 amide bonds. The molecule has 2 aliphatic rings. The zero-order chi connectivity index (χ0) is 23.0. The van der Waals surface area contributed by atoms with Crippen molar-refractivity contribution in [2.24, 2.45) is 11.3 Å². The molecule has 2 N–H and O–H groups in total. The third-order valence-corrected chi connectivity index (χ3v) is 6.83. The van der Waals surface area contributed by atoms with Gasteiger partial charge in [0.25, 0.3) is 0 Å². The summed E-state index contributed by atoms with van der Waals surface area (Å²) in [4.78, 5) is 16.5. The Morgan fingerprint density at radius 3 is 2.70 bits per heavy atom. The zero-order valence-electron chi connectivity index (χ0n) is 20.3. The van der Waals surface area contributed by atoms with E-state index in [9.17, 15) is 0 Å². The SMILES string of the molecule is CC(C)CNc1nc2oc3c(NCCN4CCOCC4)ncnc3c2c2c1CCC(C)(C)C2. The normalized spacial score (nSPS) is 18.7. The van der Waals surface area contributed by atoms with Crippen molar-refractivity contribution in [1.82, 2.24) is 19.9 Å². The summed E-state index contributed by atoms with van der Waals surface area (Å²) in [5.41, 5.74) is 5.13. The molecule has 1 aliphatic carbocycles. The number of furan rings is 1. The van der Waals surface area contributed by atoms with Crippen LogP contribution in [0.25, 0.3) is 22.2 Å². The highest BCUT2D eigenvalue weighted by Gasteiger charge is 2.31. The number of hydrogen-bond donors (Lipinski definition) is 2. The molecule has 1 fully saturated rings. The number of hydrogen-bond acceptors (Lipinski definition) is 8. The van der Waals surface area contributed by atoms with Crippen LogP contribution in [0.4, 0.5) is 11.6 Å². The van der Waals surface area contributed by atoms with Gasteiger partial charge in [-0.05, 0) is 41.7 Å². The highest BCUT2D eigenvalue weighted by Crippen LogP contribution is 2.43. The van der Waals surface area contributed by atoms with Crippen LogP contribution in [-0.2, 0) is 17.6 Å². The molecule has 5 rings (SSSR count). The van der Waals surface area contributed by atoms with E-state index in [1.54, 1.807) is 6.33 Å². The van der Waals surface area contributed by atoms with Gasteiger partial charge in [0.2, 0.25) is 5.71 Å². The Morgan fingerprint density at radius 2 is 1.91 bits per heavy atom. The summed E-state index contributed by atoms with van der Waals surface area (Å²) in [7, 11) is 0. The standard InChI is InChI=1S/C25H36N6O2/c1-16(2)14-27-22-17-5-6-25(3,4)13-18(17)19-20-21(33-24(19)30-22)23(29-15-28-20)26-7-8-31-9-11-32-12-10-31/h15-16H,5-14H2,1-4H3,(H,27,30)(H,26,28,29). The van der Waals surface area contributed by atoms with E-state index in [1.165, 1.54) is 11.1 Å². The number of fused-ring (bicyclic) bond motifs is 5. The lowest BCUT2D eigenvalue weighted by atomic mass is 9.74. The fourth-order valence-electron chi connectivity index (χ4n) is 4.94. The molecule has 0 aromatic carbocycles. The van der Waals surface area contributed by atoms with E-state index >= 15 is 0 Å². The van der Waals surface area contributed by atoms with Gasteiger partial charge in [-0.2, -0.15) is 4.98 Å². The van der Waals surface area contributed by atoms with Gasteiger partial charge < -0.3 is 19.8 Å². The Bertz CT molecular complexity index is 1130. The zero-order valence-corrected chi connectivity index (χ0v) is 20.3. The molecule has 0 radical (unpaired) electrons. The molecule has 4 heterocycles. The van der Waals surface area contributed by atoms with Gasteiger partial charge in [0.1, 0.15) is 17.7 Å². The van der Waals surface area contributed by atoms with E-state index in [0.29, 0.717) is 17.2 Å². The summed E-state index contributed by atoms with van der Waals surface area (Å²) in [5.74, 6) is 2.25. The maximum absolute atomic E-state index is 6.34. The molecule has 0 bridgehead atoms. The second-order valence-corrected chi connectivity index (χ2v) is 10.6. The quantitative estimate of drug-likeness (QED) is 0.554. The average Bonchev–Trinajstić information content (AvgIpc) is 3.17. The summed E-state index contributed by atoms with van der Waals surface area (Å²) >= 11 is 0. The van der Waals surface area contributed by atoms with Crippen molar-refractivity contribution in [3.63, 3.8) is 0 Å². The van der Waals surface area contributed by atoms with Crippen LogP contribution in [0.5, 0.6) is 0 Å². The van der Waals surface area contributed by atoms with E-state index in [1.807, 2.05) is 0 Å². The van der Waals surface area contributed by atoms with Gasteiger partial charge in [-0.15, -0.1) is 0 Å². The number of morpholine rings is 1. The molecule has 0 saturated carbocycles. The second kappa shape index (κ2) is 9.06. The first-order valence-electron chi connectivity index (χ1n) is 12.3. The Balaban J connectivity index is 1.51. The maximum atomic E-state index is 6.34. The number of ether oxygens (including phenoxy) is 1. The van der Waals surface area contributed by atoms with Gasteiger partial charge in [-0.1, -0.05) is 27.7 Å². The van der Waals surface area contributed by atoms with E-state index in [0.717, 1.165) is 87.7 Å². The minimum absolute atomic E-state index is 0.243. The lowest BCUT2D eigenvalue weighted by Crippen LogP contribution is -2.39. The molecule has 0 atom stereocenters. The first-order chi connectivity index (χ1) is 15.9. The minimum Gasteiger partial charge on any atom is -0.432 e. The summed E-state index contributed by atoms with van der Waals surface area (Å²) in [6.45, 7) is 15.3. The number of nitrogens with zero attached hydrogens (tertiary/aromatic N) is 4. The van der Waals surface area contributed by atoms with Crippen molar-refractivity contribution in [3.8, 4) is 0 Å². The van der Waals surface area contributed by atoms with Crippen molar-refractivity contribution in [3.05, 3.63) is 17.5 Å². The third kappa shape index (κ3) is 4.64. The molecule has 3 aromatic rings. The molecule has 3 aromatic heterocycles. The molecular weight excluding hydrogens is 416 g/mol. The molecule has 8 heteroatoms. The molecule has 178 valence electrons. The van der Waals surface area contributed by atoms with Crippen LogP contribution in [0.1, 0.15) is 45.2 Å². The van der Waals surface area contributed by atoms with Gasteiger partial charge in [-0.25, -0.2) is 9.97 Å². The Hall–Kier alpha value is -2.45. The van der Waals surface area contributed by atoms with E-state index in [-0.39, 0.29) is 5.41 Å². The summed E-state index contributed by atoms with van der Waals surface area (Å²) in [6, 6.07) is 0. The number of rotatable bonds is 7. The van der Waals surface area contributed by atoms with Crippen LogP contribution < -0.4 is 10.6 Å². The van der Waals surface area contributed by atoms with Crippen LogP contribution in [0.3, 0.4) is 0 Å². The first kappa shape index (κ1) is 22.3. The fraction of sp³-hybridized carbons (Fsp3) is 0.640. The molecule has 33 heavy (non-hydrogen) atoms. The first-order valence-corrected chi connectivity index (χ1v) is 12.3. The summed E-state index contributed by atoms with van der Waals surface area (Å²) in [5, 5.41) is 8.12. The summed E-state index contributed by atoms with van der Waals surface area (Å²) < 4.78 is 11.8. The van der Waals surface area contributed by atoms with Gasteiger partial charge in [0.15, 0.2) is 11.4 Å². The molecule has 1 saturated heterocycles. The van der Waals surface area contributed by atoms with Crippen molar-refractivity contribution in [1.29, 1.82) is 0 Å². The Kier molecular flexibility index (Phi) is 6.14. The van der Waals surface area contributed by atoms with Crippen LogP contribution in [0.2, 0.25) is 0 Å². The number of nitrogens with one attached hydrogen (secondary N) is 2. The molecule has 0 spiro atoms. The largest absolute Gasteiger partial charge is 0.432 e. The predicted octanol–water partition coefficient (Wildman–Crippen LogP) is 4.10. The highest BCUT2D eigenvalue weighted by atomic mass is 16.5. The monoisotopic (exact) mass is 452 g/mol. The average molecular weight is 453 g/mol. The van der Waals surface area contributed by atoms with Crippen LogP contribution in [-0.4, -0.2) is 65.8 Å². The maximum Gasteiger partial charge on any atom is 0.231 e. The molecular formula is C25H36N6O2. The third-order valence-electron chi connectivity index (χ3n) is 6.83. The lowest BCUT2D eigenvalue weighted by Gasteiger charge is -2.32. The number of pyridine rings is 1. The smallest absolute Gasteiger partial charge is 0.231 e. The van der Waals surface area contributed by atoms with Crippen LogP contribution >= 0.6 is 0 Å². The highest BCUT2D eigenvalue weighted by molar-refractivity contribution is 6.07. The van der Waals surface area contributed by atoms with Crippen molar-refractivity contribution >= 4 is 33.8 Å². The number of anilines is 2. The minimum atomic E-state index is 0.243. The van der Waals surface area contributed by atoms with Crippen molar-refractivity contribution in [2.45, 2.75) is 47.0 Å². The number of aromatic nitrogens is 3. The topological polar surface area (TPSA) is 88.3 Å². The fourth-order valence-corrected chi connectivity index (χ4v) is 4.94. The van der Waals surface area contributed by atoms with E-state index in [2.05, 4.69) is 53.2 Å². The Labute approximate surface area is 195 Å².